The van der Waals surface area contributed by atoms with E-state index in [0.717, 1.165) is 24.4 Å². The third-order valence-corrected chi connectivity index (χ3v) is 4.93. The SMILES string of the molecule is COc1ccc(C(CNC(=O)COc2ccc(C#N)cc2)N2CCCC2)cc1. The van der Waals surface area contributed by atoms with Crippen molar-refractivity contribution >= 4 is 5.91 Å². The summed E-state index contributed by atoms with van der Waals surface area (Å²) in [5.74, 6) is 1.23. The number of likely N-dealkylation sites (tertiary alicyclic amines) is 1. The van der Waals surface area contributed by atoms with E-state index in [1.165, 1.54) is 12.8 Å². The molecule has 6 nitrogen and oxygen atoms in total. The van der Waals surface area contributed by atoms with Crippen LogP contribution in [0.5, 0.6) is 11.5 Å². The molecule has 6 heteroatoms. The number of ether oxygens (including phenoxy) is 2. The van der Waals surface area contributed by atoms with Crippen LogP contribution in [0.25, 0.3) is 0 Å². The van der Waals surface area contributed by atoms with Crippen LogP contribution < -0.4 is 14.8 Å². The van der Waals surface area contributed by atoms with Gasteiger partial charge in [-0.05, 0) is 67.9 Å². The highest BCUT2D eigenvalue weighted by Crippen LogP contribution is 2.26. The number of nitriles is 1. The van der Waals surface area contributed by atoms with Gasteiger partial charge in [0.1, 0.15) is 11.5 Å². The number of methoxy groups -OCH3 is 1. The summed E-state index contributed by atoms with van der Waals surface area (Å²) < 4.78 is 10.8. The lowest BCUT2D eigenvalue weighted by Crippen LogP contribution is -2.38. The lowest BCUT2D eigenvalue weighted by molar-refractivity contribution is -0.123. The molecule has 1 heterocycles. The van der Waals surface area contributed by atoms with Crippen molar-refractivity contribution in [2.24, 2.45) is 0 Å². The van der Waals surface area contributed by atoms with Gasteiger partial charge >= 0.3 is 0 Å². The van der Waals surface area contributed by atoms with E-state index in [2.05, 4.69) is 28.4 Å². The molecule has 28 heavy (non-hydrogen) atoms. The molecule has 0 bridgehead atoms. The Balaban J connectivity index is 1.56. The van der Waals surface area contributed by atoms with Crippen LogP contribution in [-0.4, -0.2) is 44.2 Å². The third-order valence-electron chi connectivity index (χ3n) is 4.93. The molecule has 1 amide bonds. The first-order chi connectivity index (χ1) is 13.7. The van der Waals surface area contributed by atoms with Crippen LogP contribution in [0, 0.1) is 11.3 Å². The van der Waals surface area contributed by atoms with Gasteiger partial charge < -0.3 is 14.8 Å². The summed E-state index contributed by atoms with van der Waals surface area (Å²) in [6, 6.07) is 16.9. The first kappa shape index (κ1) is 19.7. The van der Waals surface area contributed by atoms with E-state index in [0.29, 0.717) is 17.9 Å². The summed E-state index contributed by atoms with van der Waals surface area (Å²) >= 11 is 0. The molecule has 1 aliphatic rings. The van der Waals surface area contributed by atoms with Gasteiger partial charge in [0.05, 0.1) is 24.8 Å². The van der Waals surface area contributed by atoms with E-state index in [9.17, 15) is 4.79 Å². The van der Waals surface area contributed by atoms with Crippen molar-refractivity contribution in [1.29, 1.82) is 5.26 Å². The van der Waals surface area contributed by atoms with E-state index < -0.39 is 0 Å². The van der Waals surface area contributed by atoms with Crippen molar-refractivity contribution in [3.8, 4) is 17.6 Å². The highest BCUT2D eigenvalue weighted by atomic mass is 16.5. The normalized spacial score (nSPS) is 14.9. The second-order valence-corrected chi connectivity index (χ2v) is 6.76. The molecule has 1 aliphatic heterocycles. The fourth-order valence-electron chi connectivity index (χ4n) is 3.37. The molecule has 0 radical (unpaired) electrons. The quantitative estimate of drug-likeness (QED) is 0.763. The van der Waals surface area contributed by atoms with Crippen LogP contribution >= 0.6 is 0 Å². The molecule has 0 aliphatic carbocycles. The molecule has 2 aromatic rings. The molecule has 1 saturated heterocycles. The summed E-state index contributed by atoms with van der Waals surface area (Å²) in [5, 5.41) is 11.8. The van der Waals surface area contributed by atoms with Gasteiger partial charge in [-0.2, -0.15) is 5.26 Å². The largest absolute Gasteiger partial charge is 0.497 e. The number of carbonyl (C=O) groups excluding carboxylic acids is 1. The standard InChI is InChI=1S/C22H25N3O3/c1-27-19-10-6-18(7-11-19)21(25-12-2-3-13-25)15-24-22(26)16-28-20-8-4-17(14-23)5-9-20/h4-11,21H,2-3,12-13,15-16H2,1H3,(H,24,26). The highest BCUT2D eigenvalue weighted by Gasteiger charge is 2.24. The molecule has 1 fully saturated rings. The maximum atomic E-state index is 12.3. The first-order valence-electron chi connectivity index (χ1n) is 9.47. The number of hydrogen-bond acceptors (Lipinski definition) is 5. The van der Waals surface area contributed by atoms with Gasteiger partial charge in [0.2, 0.25) is 0 Å². The maximum absolute atomic E-state index is 12.3. The lowest BCUT2D eigenvalue weighted by atomic mass is 10.1. The molecular weight excluding hydrogens is 354 g/mol. The molecule has 3 rings (SSSR count). The molecule has 146 valence electrons. The summed E-state index contributed by atoms with van der Waals surface area (Å²) in [6.07, 6.45) is 2.37. The Morgan fingerprint density at radius 1 is 1.11 bits per heavy atom. The predicted molar refractivity (Wildman–Crippen MR) is 106 cm³/mol. The highest BCUT2D eigenvalue weighted by molar-refractivity contribution is 5.77. The Kier molecular flexibility index (Phi) is 6.88. The minimum absolute atomic E-state index is 0.0543. The molecule has 1 atom stereocenters. The smallest absolute Gasteiger partial charge is 0.258 e. The van der Waals surface area contributed by atoms with E-state index in [4.69, 9.17) is 14.7 Å². The van der Waals surface area contributed by atoms with E-state index in [1.54, 1.807) is 31.4 Å². The van der Waals surface area contributed by atoms with E-state index in [1.807, 2.05) is 12.1 Å². The van der Waals surface area contributed by atoms with Crippen LogP contribution in [0.4, 0.5) is 0 Å². The summed E-state index contributed by atoms with van der Waals surface area (Å²) in [7, 11) is 1.65. The zero-order valence-corrected chi connectivity index (χ0v) is 16.1. The van der Waals surface area contributed by atoms with Crippen LogP contribution in [0.1, 0.15) is 30.0 Å². The summed E-state index contributed by atoms with van der Waals surface area (Å²) in [6.45, 7) is 2.55. The molecular formula is C22H25N3O3. The lowest BCUT2D eigenvalue weighted by Gasteiger charge is -2.28. The number of benzene rings is 2. The summed E-state index contributed by atoms with van der Waals surface area (Å²) in [4.78, 5) is 14.7. The Bertz CT molecular complexity index is 806. The Morgan fingerprint density at radius 3 is 2.36 bits per heavy atom. The maximum Gasteiger partial charge on any atom is 0.258 e. The van der Waals surface area contributed by atoms with Crippen LogP contribution in [-0.2, 0) is 4.79 Å². The second-order valence-electron chi connectivity index (χ2n) is 6.76. The van der Waals surface area contributed by atoms with Crippen molar-refractivity contribution in [1.82, 2.24) is 10.2 Å². The monoisotopic (exact) mass is 379 g/mol. The van der Waals surface area contributed by atoms with Crippen molar-refractivity contribution in [2.75, 3.05) is 33.4 Å². The fraction of sp³-hybridized carbons (Fsp3) is 0.364. The number of carbonyl (C=O) groups is 1. The van der Waals surface area contributed by atoms with Crippen molar-refractivity contribution in [3.05, 3.63) is 59.7 Å². The molecule has 0 saturated carbocycles. The fourth-order valence-corrected chi connectivity index (χ4v) is 3.37. The van der Waals surface area contributed by atoms with Gasteiger partial charge in [-0.3, -0.25) is 9.69 Å². The zero-order chi connectivity index (χ0) is 19.8. The molecule has 1 N–H and O–H groups in total. The topological polar surface area (TPSA) is 74.6 Å². The van der Waals surface area contributed by atoms with Gasteiger partial charge in [0, 0.05) is 6.54 Å². The Hall–Kier alpha value is -3.04. The molecule has 0 spiro atoms. The molecule has 0 aromatic heterocycles. The summed E-state index contributed by atoms with van der Waals surface area (Å²) in [5.41, 5.74) is 1.72. The van der Waals surface area contributed by atoms with Gasteiger partial charge in [-0.25, -0.2) is 0 Å². The molecule has 1 unspecified atom stereocenters. The van der Waals surface area contributed by atoms with Crippen molar-refractivity contribution < 1.29 is 14.3 Å². The number of amides is 1. The van der Waals surface area contributed by atoms with Crippen LogP contribution in [0.15, 0.2) is 48.5 Å². The van der Waals surface area contributed by atoms with Crippen molar-refractivity contribution in [3.63, 3.8) is 0 Å². The van der Waals surface area contributed by atoms with Gasteiger partial charge in [-0.1, -0.05) is 12.1 Å². The number of nitrogens with zero attached hydrogens (tertiary/aromatic N) is 2. The zero-order valence-electron chi connectivity index (χ0n) is 16.1. The van der Waals surface area contributed by atoms with Gasteiger partial charge in [0.25, 0.3) is 5.91 Å². The number of nitrogens with one attached hydrogen (secondary N) is 1. The Morgan fingerprint density at radius 2 is 1.75 bits per heavy atom. The van der Waals surface area contributed by atoms with E-state index in [-0.39, 0.29) is 18.6 Å². The minimum atomic E-state index is -0.165. The van der Waals surface area contributed by atoms with Crippen LogP contribution in [0.2, 0.25) is 0 Å². The number of hydrogen-bond donors (Lipinski definition) is 1. The third kappa shape index (κ3) is 5.24. The van der Waals surface area contributed by atoms with E-state index >= 15 is 0 Å². The van der Waals surface area contributed by atoms with Crippen LogP contribution in [0.3, 0.4) is 0 Å². The predicted octanol–water partition coefficient (Wildman–Crippen LogP) is 2.90. The molecule has 2 aromatic carbocycles. The second kappa shape index (κ2) is 9.77. The first-order valence-corrected chi connectivity index (χ1v) is 9.47. The van der Waals surface area contributed by atoms with Crippen molar-refractivity contribution in [2.45, 2.75) is 18.9 Å². The Labute approximate surface area is 165 Å². The number of rotatable bonds is 8. The van der Waals surface area contributed by atoms with Gasteiger partial charge in [0.15, 0.2) is 6.61 Å². The average Bonchev–Trinajstić information content (AvgIpc) is 3.28. The minimum Gasteiger partial charge on any atom is -0.497 e. The average molecular weight is 379 g/mol. The van der Waals surface area contributed by atoms with Gasteiger partial charge in [-0.15, -0.1) is 0 Å².